The van der Waals surface area contributed by atoms with E-state index in [9.17, 15) is 0 Å². The van der Waals surface area contributed by atoms with Crippen molar-refractivity contribution in [2.45, 2.75) is 33.4 Å². The zero-order valence-corrected chi connectivity index (χ0v) is 10.9. The molecule has 18 heavy (non-hydrogen) atoms. The zero-order valence-electron chi connectivity index (χ0n) is 10.9. The third kappa shape index (κ3) is 2.93. The molecule has 96 valence electrons. The first kappa shape index (κ1) is 12.7. The van der Waals surface area contributed by atoms with Gasteiger partial charge in [-0.2, -0.15) is 0 Å². The van der Waals surface area contributed by atoms with Crippen LogP contribution < -0.4 is 10.5 Å². The van der Waals surface area contributed by atoms with Gasteiger partial charge in [-0.15, -0.1) is 0 Å². The number of hydrogen-bond acceptors (Lipinski definition) is 3. The lowest BCUT2D eigenvalue weighted by Gasteiger charge is -2.05. The zero-order chi connectivity index (χ0) is 13.0. The first-order chi connectivity index (χ1) is 8.72. The maximum Gasteiger partial charge on any atom is 0.146 e. The maximum absolute atomic E-state index is 5.71. The van der Waals surface area contributed by atoms with E-state index in [2.05, 4.69) is 19.1 Å². The maximum atomic E-state index is 5.71. The number of hydrogen-bond donors (Lipinski definition) is 1. The van der Waals surface area contributed by atoms with Crippen LogP contribution in [0.2, 0.25) is 0 Å². The van der Waals surface area contributed by atoms with Crippen LogP contribution in [0.1, 0.15) is 29.6 Å². The highest BCUT2D eigenvalue weighted by Crippen LogP contribution is 2.18. The number of benzene rings is 1. The van der Waals surface area contributed by atoms with Crippen molar-refractivity contribution in [3.63, 3.8) is 0 Å². The Morgan fingerprint density at radius 2 is 2.11 bits per heavy atom. The van der Waals surface area contributed by atoms with Crippen molar-refractivity contribution in [2.24, 2.45) is 5.73 Å². The third-order valence-electron chi connectivity index (χ3n) is 2.94. The molecular weight excluding hydrogens is 226 g/mol. The smallest absolute Gasteiger partial charge is 0.146 e. The number of nitrogens with two attached hydrogens (primary N) is 1. The second-order valence-electron chi connectivity index (χ2n) is 4.31. The van der Waals surface area contributed by atoms with Gasteiger partial charge in [0.2, 0.25) is 0 Å². The van der Waals surface area contributed by atoms with Gasteiger partial charge in [-0.25, -0.2) is 0 Å². The minimum absolute atomic E-state index is 0.428. The Hall–Kier alpha value is -1.74. The molecule has 2 aromatic rings. The molecule has 0 aliphatic carbocycles. The predicted molar refractivity (Wildman–Crippen MR) is 71.5 cm³/mol. The van der Waals surface area contributed by atoms with Crippen molar-refractivity contribution in [2.75, 3.05) is 0 Å². The summed E-state index contributed by atoms with van der Waals surface area (Å²) in [5.74, 6) is 2.52. The minimum atomic E-state index is 0.428. The van der Waals surface area contributed by atoms with Crippen molar-refractivity contribution in [1.82, 2.24) is 0 Å². The molecule has 1 aromatic carbocycles. The van der Waals surface area contributed by atoms with Crippen LogP contribution in [0.5, 0.6) is 5.75 Å². The van der Waals surface area contributed by atoms with Crippen LogP contribution in [0.25, 0.3) is 0 Å². The van der Waals surface area contributed by atoms with Gasteiger partial charge in [0.1, 0.15) is 23.9 Å². The Morgan fingerprint density at radius 1 is 1.28 bits per heavy atom. The summed E-state index contributed by atoms with van der Waals surface area (Å²) >= 11 is 0. The van der Waals surface area contributed by atoms with E-state index >= 15 is 0 Å². The predicted octanol–water partition coefficient (Wildman–Crippen LogP) is 3.19. The Balaban J connectivity index is 2.01. The van der Waals surface area contributed by atoms with Crippen molar-refractivity contribution >= 4 is 0 Å². The lowest BCUT2D eigenvalue weighted by Crippen LogP contribution is -1.96. The van der Waals surface area contributed by atoms with Gasteiger partial charge >= 0.3 is 0 Å². The molecule has 1 aromatic heterocycles. The molecule has 0 atom stereocenters. The van der Waals surface area contributed by atoms with Gasteiger partial charge in [-0.3, -0.25) is 0 Å². The SMILES string of the molecule is CCc1cccc(OCc2cc(C)c(CN)o2)c1. The van der Waals surface area contributed by atoms with E-state index in [-0.39, 0.29) is 0 Å². The van der Waals surface area contributed by atoms with E-state index < -0.39 is 0 Å². The van der Waals surface area contributed by atoms with Crippen LogP contribution in [0.15, 0.2) is 34.7 Å². The summed E-state index contributed by atoms with van der Waals surface area (Å²) < 4.78 is 11.3. The quantitative estimate of drug-likeness (QED) is 0.880. The second kappa shape index (κ2) is 5.74. The molecular formula is C15H19NO2. The summed E-state index contributed by atoms with van der Waals surface area (Å²) in [4.78, 5) is 0. The number of aryl methyl sites for hydroxylation is 2. The van der Waals surface area contributed by atoms with Gasteiger partial charge < -0.3 is 14.9 Å². The third-order valence-corrected chi connectivity index (χ3v) is 2.94. The molecule has 0 bridgehead atoms. The average Bonchev–Trinajstić information content (AvgIpc) is 2.77. The summed E-state index contributed by atoms with van der Waals surface area (Å²) in [5.41, 5.74) is 7.93. The Labute approximate surface area is 108 Å². The Morgan fingerprint density at radius 3 is 2.78 bits per heavy atom. The second-order valence-corrected chi connectivity index (χ2v) is 4.31. The van der Waals surface area contributed by atoms with E-state index in [0.29, 0.717) is 13.2 Å². The van der Waals surface area contributed by atoms with Crippen molar-refractivity contribution in [1.29, 1.82) is 0 Å². The molecule has 0 saturated carbocycles. The van der Waals surface area contributed by atoms with Crippen molar-refractivity contribution in [3.05, 3.63) is 53.0 Å². The molecule has 0 aliphatic heterocycles. The van der Waals surface area contributed by atoms with Crippen LogP contribution in [0.3, 0.4) is 0 Å². The Kier molecular flexibility index (Phi) is 4.05. The van der Waals surface area contributed by atoms with Gasteiger partial charge in [0.15, 0.2) is 0 Å². The highest BCUT2D eigenvalue weighted by Gasteiger charge is 2.06. The van der Waals surface area contributed by atoms with E-state index in [1.807, 2.05) is 25.1 Å². The molecule has 2 N–H and O–H groups in total. The lowest BCUT2D eigenvalue weighted by molar-refractivity contribution is 0.266. The fourth-order valence-corrected chi connectivity index (χ4v) is 1.87. The first-order valence-electron chi connectivity index (χ1n) is 6.23. The monoisotopic (exact) mass is 245 g/mol. The fraction of sp³-hybridized carbons (Fsp3) is 0.333. The molecule has 0 fully saturated rings. The summed E-state index contributed by atoms with van der Waals surface area (Å²) in [6.45, 7) is 4.99. The van der Waals surface area contributed by atoms with Gasteiger partial charge in [-0.1, -0.05) is 19.1 Å². The van der Waals surface area contributed by atoms with E-state index in [4.69, 9.17) is 14.9 Å². The Bertz CT molecular complexity index is 517. The highest BCUT2D eigenvalue weighted by molar-refractivity contribution is 5.28. The molecule has 0 amide bonds. The van der Waals surface area contributed by atoms with Gasteiger partial charge in [-0.05, 0) is 42.7 Å². The number of furan rings is 1. The van der Waals surface area contributed by atoms with Crippen molar-refractivity contribution in [3.8, 4) is 5.75 Å². The number of rotatable bonds is 5. The molecule has 0 radical (unpaired) electrons. The molecule has 3 heteroatoms. The van der Waals surface area contributed by atoms with Crippen LogP contribution in [-0.4, -0.2) is 0 Å². The first-order valence-corrected chi connectivity index (χ1v) is 6.23. The fourth-order valence-electron chi connectivity index (χ4n) is 1.87. The van der Waals surface area contributed by atoms with Crippen molar-refractivity contribution < 1.29 is 9.15 Å². The lowest BCUT2D eigenvalue weighted by atomic mass is 10.2. The average molecular weight is 245 g/mol. The van der Waals surface area contributed by atoms with Crippen LogP contribution >= 0.6 is 0 Å². The summed E-state index contributed by atoms with van der Waals surface area (Å²) in [6, 6.07) is 10.1. The van der Waals surface area contributed by atoms with Crippen LogP contribution in [-0.2, 0) is 19.6 Å². The van der Waals surface area contributed by atoms with E-state index in [0.717, 1.165) is 29.3 Å². The normalized spacial score (nSPS) is 10.6. The molecule has 0 unspecified atom stereocenters. The minimum Gasteiger partial charge on any atom is -0.486 e. The summed E-state index contributed by atoms with van der Waals surface area (Å²) in [6.07, 6.45) is 1.01. The number of ether oxygens (including phenoxy) is 1. The van der Waals surface area contributed by atoms with E-state index in [1.165, 1.54) is 5.56 Å². The molecule has 0 aliphatic rings. The summed E-state index contributed by atoms with van der Waals surface area (Å²) in [7, 11) is 0. The topological polar surface area (TPSA) is 48.4 Å². The highest BCUT2D eigenvalue weighted by atomic mass is 16.5. The van der Waals surface area contributed by atoms with Crippen LogP contribution in [0.4, 0.5) is 0 Å². The van der Waals surface area contributed by atoms with Gasteiger partial charge in [0.05, 0.1) is 6.54 Å². The molecule has 0 spiro atoms. The molecule has 0 saturated heterocycles. The molecule has 1 heterocycles. The molecule has 3 nitrogen and oxygen atoms in total. The van der Waals surface area contributed by atoms with E-state index in [1.54, 1.807) is 0 Å². The standard InChI is InChI=1S/C15H19NO2/c1-3-12-5-4-6-13(8-12)17-10-14-7-11(2)15(9-16)18-14/h4-8H,3,9-10,16H2,1-2H3. The molecule has 2 rings (SSSR count). The van der Waals surface area contributed by atoms with Gasteiger partial charge in [0, 0.05) is 0 Å². The summed E-state index contributed by atoms with van der Waals surface area (Å²) in [5, 5.41) is 0. The van der Waals surface area contributed by atoms with Gasteiger partial charge in [0.25, 0.3) is 0 Å². The van der Waals surface area contributed by atoms with Crippen LogP contribution in [0, 0.1) is 6.92 Å². The largest absolute Gasteiger partial charge is 0.486 e.